The predicted molar refractivity (Wildman–Crippen MR) is 84.1 cm³/mol. The second kappa shape index (κ2) is 7.85. The summed E-state index contributed by atoms with van der Waals surface area (Å²) in [6, 6.07) is 10.3. The number of aromatic nitrogens is 2. The van der Waals surface area contributed by atoms with Crippen LogP contribution in [0.25, 0.3) is 0 Å². The van der Waals surface area contributed by atoms with E-state index >= 15 is 0 Å². The summed E-state index contributed by atoms with van der Waals surface area (Å²) in [7, 11) is 5.05. The largest absolute Gasteiger partial charge is 0.480 e. The first-order valence-electron chi connectivity index (χ1n) is 6.58. The maximum absolute atomic E-state index is 5.32. The molecule has 0 aliphatic carbocycles. The number of nitrogens with one attached hydrogen (secondary N) is 1. The Morgan fingerprint density at radius 1 is 1.19 bits per heavy atom. The molecule has 6 heteroatoms. The van der Waals surface area contributed by atoms with Crippen molar-refractivity contribution in [1.29, 1.82) is 0 Å². The maximum atomic E-state index is 5.32. The number of hydrogen-bond donors (Lipinski definition) is 1. The van der Waals surface area contributed by atoms with Gasteiger partial charge in [0.2, 0.25) is 11.8 Å². The Hall–Kier alpha value is -1.79. The van der Waals surface area contributed by atoms with Crippen LogP contribution in [0, 0.1) is 0 Å². The lowest BCUT2D eigenvalue weighted by molar-refractivity contribution is 0.352. The molecule has 1 N–H and O–H groups in total. The minimum absolute atomic E-state index is 0.0450. The lowest BCUT2D eigenvalue weighted by Gasteiger charge is -2.17. The highest BCUT2D eigenvalue weighted by Gasteiger charge is 2.18. The summed E-state index contributed by atoms with van der Waals surface area (Å²) in [4.78, 5) is 9.91. The Morgan fingerprint density at radius 2 is 1.95 bits per heavy atom. The fraction of sp³-hybridized carbons (Fsp3) is 0.333. The lowest BCUT2D eigenvalue weighted by atomic mass is 10.2. The normalized spacial score (nSPS) is 12.0. The van der Waals surface area contributed by atoms with Crippen LogP contribution < -0.4 is 14.8 Å². The van der Waals surface area contributed by atoms with Gasteiger partial charge >= 0.3 is 0 Å². The van der Waals surface area contributed by atoms with Gasteiger partial charge in [-0.2, -0.15) is 4.98 Å². The quantitative estimate of drug-likeness (QED) is 0.793. The van der Waals surface area contributed by atoms with Crippen molar-refractivity contribution in [3.05, 3.63) is 42.2 Å². The predicted octanol–water partition coefficient (Wildman–Crippen LogP) is 2.55. The molecule has 1 aromatic heterocycles. The van der Waals surface area contributed by atoms with E-state index in [0.717, 1.165) is 11.4 Å². The third-order valence-electron chi connectivity index (χ3n) is 2.99. The van der Waals surface area contributed by atoms with E-state index in [-0.39, 0.29) is 6.04 Å². The molecule has 0 aliphatic rings. The Labute approximate surface area is 129 Å². The highest BCUT2D eigenvalue weighted by Crippen LogP contribution is 2.28. The van der Waals surface area contributed by atoms with Gasteiger partial charge in [-0.3, -0.25) is 0 Å². The van der Waals surface area contributed by atoms with E-state index in [1.165, 1.54) is 4.90 Å². The molecule has 0 saturated carbocycles. The smallest absolute Gasteiger partial charge is 0.240 e. The molecule has 0 spiro atoms. The fourth-order valence-corrected chi connectivity index (χ4v) is 2.88. The van der Waals surface area contributed by atoms with Crippen molar-refractivity contribution in [2.45, 2.75) is 10.9 Å². The molecule has 1 atom stereocenters. The monoisotopic (exact) mass is 305 g/mol. The van der Waals surface area contributed by atoms with Crippen LogP contribution in [0.1, 0.15) is 11.7 Å². The molecular formula is C15H19N3O2S. The summed E-state index contributed by atoms with van der Waals surface area (Å²) >= 11 is 1.76. The highest BCUT2D eigenvalue weighted by atomic mass is 32.2. The van der Waals surface area contributed by atoms with Gasteiger partial charge in [-0.25, -0.2) is 4.98 Å². The van der Waals surface area contributed by atoms with Crippen LogP contribution in [0.3, 0.4) is 0 Å². The maximum Gasteiger partial charge on any atom is 0.240 e. The third kappa shape index (κ3) is 4.09. The van der Waals surface area contributed by atoms with Crippen LogP contribution in [0.2, 0.25) is 0 Å². The third-order valence-corrected chi connectivity index (χ3v) is 4.09. The zero-order valence-corrected chi connectivity index (χ0v) is 13.2. The van der Waals surface area contributed by atoms with Crippen molar-refractivity contribution < 1.29 is 9.47 Å². The molecule has 2 rings (SSSR count). The average Bonchev–Trinajstić information content (AvgIpc) is 2.56. The van der Waals surface area contributed by atoms with Crippen molar-refractivity contribution in [2.24, 2.45) is 0 Å². The van der Waals surface area contributed by atoms with E-state index in [1.807, 2.05) is 25.2 Å². The van der Waals surface area contributed by atoms with E-state index in [1.54, 1.807) is 32.2 Å². The summed E-state index contributed by atoms with van der Waals surface area (Å²) < 4.78 is 10.4. The van der Waals surface area contributed by atoms with Gasteiger partial charge in [-0.05, 0) is 19.2 Å². The van der Waals surface area contributed by atoms with Crippen LogP contribution in [-0.4, -0.2) is 37.0 Å². The molecule has 0 bridgehead atoms. The lowest BCUT2D eigenvalue weighted by Crippen LogP contribution is -2.21. The van der Waals surface area contributed by atoms with Gasteiger partial charge in [0.05, 0.1) is 26.5 Å². The molecule has 0 saturated heterocycles. The van der Waals surface area contributed by atoms with E-state index in [2.05, 4.69) is 27.4 Å². The molecule has 1 heterocycles. The molecular weight excluding hydrogens is 286 g/mol. The summed E-state index contributed by atoms with van der Waals surface area (Å²) in [5.74, 6) is 1.77. The molecule has 0 amide bonds. The van der Waals surface area contributed by atoms with Gasteiger partial charge in [-0.15, -0.1) is 11.8 Å². The second-order valence-corrected chi connectivity index (χ2v) is 5.37. The summed E-state index contributed by atoms with van der Waals surface area (Å²) in [6.45, 7) is 0. The average molecular weight is 305 g/mol. The van der Waals surface area contributed by atoms with Gasteiger partial charge < -0.3 is 14.8 Å². The summed E-state index contributed by atoms with van der Waals surface area (Å²) in [5.41, 5.74) is 0.782. The summed E-state index contributed by atoms with van der Waals surface area (Å²) in [6.07, 6.45) is 1.61. The molecule has 0 radical (unpaired) electrons. The Bertz CT molecular complexity index is 566. The van der Waals surface area contributed by atoms with Gasteiger partial charge in [0.25, 0.3) is 0 Å². The zero-order valence-electron chi connectivity index (χ0n) is 12.4. The number of nitrogens with zero attached hydrogens (tertiary/aromatic N) is 2. The Balaban J connectivity index is 2.13. The second-order valence-electron chi connectivity index (χ2n) is 4.27. The van der Waals surface area contributed by atoms with Gasteiger partial charge in [0.1, 0.15) is 5.69 Å². The first-order chi connectivity index (χ1) is 10.3. The number of methoxy groups -OCH3 is 2. The van der Waals surface area contributed by atoms with Crippen LogP contribution in [0.5, 0.6) is 11.8 Å². The van der Waals surface area contributed by atoms with Gasteiger partial charge in [-0.1, -0.05) is 18.2 Å². The van der Waals surface area contributed by atoms with Crippen molar-refractivity contribution >= 4 is 11.8 Å². The molecule has 112 valence electrons. The highest BCUT2D eigenvalue weighted by molar-refractivity contribution is 7.99. The van der Waals surface area contributed by atoms with Gasteiger partial charge in [0.15, 0.2) is 0 Å². The molecule has 0 fully saturated rings. The minimum Gasteiger partial charge on any atom is -0.480 e. The van der Waals surface area contributed by atoms with E-state index < -0.39 is 0 Å². The number of rotatable bonds is 7. The van der Waals surface area contributed by atoms with E-state index in [0.29, 0.717) is 11.8 Å². The fourth-order valence-electron chi connectivity index (χ4n) is 1.85. The van der Waals surface area contributed by atoms with Crippen LogP contribution >= 0.6 is 11.8 Å². The number of hydrogen-bond acceptors (Lipinski definition) is 6. The van der Waals surface area contributed by atoms with E-state index in [4.69, 9.17) is 9.47 Å². The topological polar surface area (TPSA) is 56.3 Å². The number of ether oxygens (including phenoxy) is 2. The van der Waals surface area contributed by atoms with E-state index in [9.17, 15) is 0 Å². The number of benzene rings is 1. The first-order valence-corrected chi connectivity index (χ1v) is 7.57. The minimum atomic E-state index is 0.0450. The molecule has 1 unspecified atom stereocenters. The molecule has 5 nitrogen and oxygen atoms in total. The molecule has 0 aliphatic heterocycles. The number of thioether (sulfide) groups is 1. The van der Waals surface area contributed by atoms with Crippen molar-refractivity contribution in [3.8, 4) is 11.8 Å². The van der Waals surface area contributed by atoms with Crippen molar-refractivity contribution in [2.75, 3.05) is 27.0 Å². The molecule has 2 aromatic rings. The zero-order chi connectivity index (χ0) is 15.1. The molecule has 21 heavy (non-hydrogen) atoms. The standard InChI is InChI=1S/C15H19N3O2S/c1-16-12(10-21-11-7-5-4-6-8-11)14-15(20-3)18-13(19-2)9-17-14/h4-9,12,16H,10H2,1-3H3. The first kappa shape index (κ1) is 15.6. The van der Waals surface area contributed by atoms with Crippen LogP contribution in [0.4, 0.5) is 0 Å². The van der Waals surface area contributed by atoms with Crippen molar-refractivity contribution in [1.82, 2.24) is 15.3 Å². The van der Waals surface area contributed by atoms with Crippen molar-refractivity contribution in [3.63, 3.8) is 0 Å². The SMILES string of the molecule is CNC(CSc1ccccc1)c1ncc(OC)nc1OC. The Morgan fingerprint density at radius 3 is 2.57 bits per heavy atom. The van der Waals surface area contributed by atoms with Crippen LogP contribution in [0.15, 0.2) is 41.4 Å². The summed E-state index contributed by atoms with van der Waals surface area (Å²) in [5, 5.41) is 3.26. The Kier molecular flexibility index (Phi) is 5.83. The molecule has 1 aromatic carbocycles. The van der Waals surface area contributed by atoms with Crippen LogP contribution in [-0.2, 0) is 0 Å². The van der Waals surface area contributed by atoms with Gasteiger partial charge in [0, 0.05) is 10.6 Å².